The van der Waals surface area contributed by atoms with Crippen molar-refractivity contribution in [3.05, 3.63) is 29.3 Å². The van der Waals surface area contributed by atoms with Crippen LogP contribution in [0.5, 0.6) is 0 Å². The molecule has 156 valence electrons. The van der Waals surface area contributed by atoms with Gasteiger partial charge in [-0.1, -0.05) is 11.6 Å². The van der Waals surface area contributed by atoms with Crippen LogP contribution in [0.1, 0.15) is 38.5 Å². The van der Waals surface area contributed by atoms with Crippen LogP contribution in [-0.2, 0) is 9.59 Å². The number of rotatable bonds is 3. The van der Waals surface area contributed by atoms with E-state index in [-0.39, 0.29) is 23.9 Å². The summed E-state index contributed by atoms with van der Waals surface area (Å²) in [6.45, 7) is 2.72. The number of piperidine rings is 1. The second-order valence-electron chi connectivity index (χ2n) is 8.04. The van der Waals surface area contributed by atoms with Crippen molar-refractivity contribution in [2.24, 2.45) is 0 Å². The van der Waals surface area contributed by atoms with Gasteiger partial charge in [0.1, 0.15) is 6.04 Å². The van der Waals surface area contributed by atoms with Crippen molar-refractivity contribution in [2.45, 2.75) is 50.6 Å². The average molecular weight is 419 g/mol. The van der Waals surface area contributed by atoms with Crippen LogP contribution in [-0.4, -0.2) is 70.8 Å². The maximum Gasteiger partial charge on any atom is 0.322 e. The standard InChI is InChI=1S/C21H27ClN4O3/c22-15-5-7-16(8-6-15)23-21(29)26-12-1-3-18(26)20(28)24-13-9-17(10-14-24)25-11-2-4-19(25)27/h5-8,17-18H,1-4,9-14H2,(H,23,29). The molecule has 3 heterocycles. The third kappa shape index (κ3) is 4.34. The van der Waals surface area contributed by atoms with Crippen LogP contribution in [0.25, 0.3) is 0 Å². The molecule has 3 aliphatic rings. The van der Waals surface area contributed by atoms with Gasteiger partial charge >= 0.3 is 6.03 Å². The summed E-state index contributed by atoms with van der Waals surface area (Å²) >= 11 is 5.89. The Morgan fingerprint density at radius 3 is 2.34 bits per heavy atom. The Labute approximate surface area is 176 Å². The summed E-state index contributed by atoms with van der Waals surface area (Å²) in [7, 11) is 0. The van der Waals surface area contributed by atoms with Gasteiger partial charge in [0.05, 0.1) is 0 Å². The molecule has 8 heteroatoms. The van der Waals surface area contributed by atoms with Crippen molar-refractivity contribution in [2.75, 3.05) is 31.5 Å². The van der Waals surface area contributed by atoms with Crippen LogP contribution < -0.4 is 5.32 Å². The van der Waals surface area contributed by atoms with E-state index in [1.165, 1.54) is 0 Å². The molecular weight excluding hydrogens is 392 g/mol. The lowest BCUT2D eigenvalue weighted by Gasteiger charge is -2.38. The number of halogens is 1. The second kappa shape index (κ2) is 8.61. The van der Waals surface area contributed by atoms with Crippen molar-refractivity contribution in [3.8, 4) is 0 Å². The molecule has 1 atom stereocenters. The van der Waals surface area contributed by atoms with Gasteiger partial charge in [-0.3, -0.25) is 9.59 Å². The number of amides is 4. The van der Waals surface area contributed by atoms with Gasteiger partial charge in [0, 0.05) is 49.4 Å². The van der Waals surface area contributed by atoms with Gasteiger partial charge in [-0.15, -0.1) is 0 Å². The SMILES string of the molecule is O=C(C1CCCN1C(=O)Nc1ccc(Cl)cc1)N1CCC(N2CCCC2=O)CC1. The van der Waals surface area contributed by atoms with E-state index in [0.29, 0.717) is 43.2 Å². The van der Waals surface area contributed by atoms with Crippen molar-refractivity contribution in [3.63, 3.8) is 0 Å². The molecule has 0 aromatic heterocycles. The Balaban J connectivity index is 1.33. The van der Waals surface area contributed by atoms with E-state index in [0.717, 1.165) is 32.2 Å². The minimum atomic E-state index is -0.410. The Bertz CT molecular complexity index is 777. The summed E-state index contributed by atoms with van der Waals surface area (Å²) in [6.07, 6.45) is 4.75. The van der Waals surface area contributed by atoms with Crippen LogP contribution in [0.15, 0.2) is 24.3 Å². The normalized spacial score (nSPS) is 23.0. The Kier molecular flexibility index (Phi) is 5.94. The Hall–Kier alpha value is -2.28. The van der Waals surface area contributed by atoms with Gasteiger partial charge in [0.15, 0.2) is 0 Å². The summed E-state index contributed by atoms with van der Waals surface area (Å²) in [6, 6.07) is 6.53. The first-order valence-corrected chi connectivity index (χ1v) is 10.8. The number of nitrogens with one attached hydrogen (secondary N) is 1. The lowest BCUT2D eigenvalue weighted by Crippen LogP contribution is -2.53. The molecule has 3 aliphatic heterocycles. The summed E-state index contributed by atoms with van der Waals surface area (Å²) in [5.41, 5.74) is 0.661. The van der Waals surface area contributed by atoms with E-state index in [2.05, 4.69) is 5.32 Å². The molecule has 0 aliphatic carbocycles. The first-order chi connectivity index (χ1) is 14.0. The number of benzene rings is 1. The molecule has 3 saturated heterocycles. The highest BCUT2D eigenvalue weighted by Gasteiger charge is 2.39. The molecule has 4 rings (SSSR count). The fourth-order valence-electron chi connectivity index (χ4n) is 4.66. The molecule has 7 nitrogen and oxygen atoms in total. The highest BCUT2D eigenvalue weighted by Crippen LogP contribution is 2.26. The highest BCUT2D eigenvalue weighted by molar-refractivity contribution is 6.30. The van der Waals surface area contributed by atoms with Gasteiger partial charge in [-0.05, 0) is 56.4 Å². The minimum absolute atomic E-state index is 0.0277. The summed E-state index contributed by atoms with van der Waals surface area (Å²) in [5, 5.41) is 3.47. The molecule has 1 aromatic rings. The number of nitrogens with zero attached hydrogens (tertiary/aromatic N) is 3. The number of anilines is 1. The zero-order chi connectivity index (χ0) is 20.4. The monoisotopic (exact) mass is 418 g/mol. The maximum atomic E-state index is 13.1. The number of hydrogen-bond acceptors (Lipinski definition) is 3. The van der Waals surface area contributed by atoms with Crippen LogP contribution in [0, 0.1) is 0 Å². The first kappa shape index (κ1) is 20.0. The molecule has 0 radical (unpaired) electrons. The van der Waals surface area contributed by atoms with E-state index >= 15 is 0 Å². The van der Waals surface area contributed by atoms with Crippen LogP contribution in [0.3, 0.4) is 0 Å². The molecule has 0 spiro atoms. The summed E-state index contributed by atoms with van der Waals surface area (Å²) in [4.78, 5) is 43.3. The van der Waals surface area contributed by atoms with Gasteiger partial charge < -0.3 is 20.0 Å². The fourth-order valence-corrected chi connectivity index (χ4v) is 4.78. The topological polar surface area (TPSA) is 73.0 Å². The molecule has 0 bridgehead atoms. The first-order valence-electron chi connectivity index (χ1n) is 10.4. The molecule has 0 saturated carbocycles. The van der Waals surface area contributed by atoms with Crippen LogP contribution >= 0.6 is 11.6 Å². The van der Waals surface area contributed by atoms with Crippen molar-refractivity contribution in [1.82, 2.24) is 14.7 Å². The fraction of sp³-hybridized carbons (Fsp3) is 0.571. The number of urea groups is 1. The Morgan fingerprint density at radius 2 is 1.69 bits per heavy atom. The van der Waals surface area contributed by atoms with E-state index in [1.54, 1.807) is 29.2 Å². The summed E-state index contributed by atoms with van der Waals surface area (Å²) in [5.74, 6) is 0.274. The third-order valence-electron chi connectivity index (χ3n) is 6.22. The van der Waals surface area contributed by atoms with E-state index < -0.39 is 6.04 Å². The van der Waals surface area contributed by atoms with E-state index in [4.69, 9.17) is 11.6 Å². The maximum absolute atomic E-state index is 13.1. The van der Waals surface area contributed by atoms with Gasteiger partial charge in [0.2, 0.25) is 11.8 Å². The minimum Gasteiger partial charge on any atom is -0.341 e. The van der Waals surface area contributed by atoms with E-state index in [1.807, 2.05) is 9.80 Å². The quantitative estimate of drug-likeness (QED) is 0.820. The van der Waals surface area contributed by atoms with Gasteiger partial charge in [0.25, 0.3) is 0 Å². The summed E-state index contributed by atoms with van der Waals surface area (Å²) < 4.78 is 0. The molecule has 1 unspecified atom stereocenters. The lowest BCUT2D eigenvalue weighted by molar-refractivity contribution is -0.137. The van der Waals surface area contributed by atoms with Crippen LogP contribution in [0.2, 0.25) is 5.02 Å². The number of carbonyl (C=O) groups excluding carboxylic acids is 3. The zero-order valence-electron chi connectivity index (χ0n) is 16.5. The Morgan fingerprint density at radius 1 is 0.966 bits per heavy atom. The molecule has 1 aromatic carbocycles. The second-order valence-corrected chi connectivity index (χ2v) is 8.47. The molecule has 1 N–H and O–H groups in total. The number of hydrogen-bond donors (Lipinski definition) is 1. The molecule has 3 fully saturated rings. The number of likely N-dealkylation sites (tertiary alicyclic amines) is 3. The third-order valence-corrected chi connectivity index (χ3v) is 6.47. The van der Waals surface area contributed by atoms with Crippen molar-refractivity contribution >= 4 is 35.1 Å². The number of carbonyl (C=O) groups is 3. The van der Waals surface area contributed by atoms with E-state index in [9.17, 15) is 14.4 Å². The highest BCUT2D eigenvalue weighted by atomic mass is 35.5. The van der Waals surface area contributed by atoms with Crippen LogP contribution in [0.4, 0.5) is 10.5 Å². The zero-order valence-corrected chi connectivity index (χ0v) is 17.2. The molecule has 29 heavy (non-hydrogen) atoms. The lowest BCUT2D eigenvalue weighted by atomic mass is 10.0. The largest absolute Gasteiger partial charge is 0.341 e. The smallest absolute Gasteiger partial charge is 0.322 e. The molecule has 4 amide bonds. The average Bonchev–Trinajstić information content (AvgIpc) is 3.38. The van der Waals surface area contributed by atoms with Crippen molar-refractivity contribution in [1.29, 1.82) is 0 Å². The molecular formula is C21H27ClN4O3. The van der Waals surface area contributed by atoms with Gasteiger partial charge in [-0.25, -0.2) is 4.79 Å². The van der Waals surface area contributed by atoms with Gasteiger partial charge in [-0.2, -0.15) is 0 Å². The predicted molar refractivity (Wildman–Crippen MR) is 111 cm³/mol. The van der Waals surface area contributed by atoms with Crippen molar-refractivity contribution < 1.29 is 14.4 Å². The predicted octanol–water partition coefficient (Wildman–Crippen LogP) is 2.95.